The summed E-state index contributed by atoms with van der Waals surface area (Å²) in [5.74, 6) is 3.13. The number of aromatic nitrogens is 2. The van der Waals surface area contributed by atoms with Gasteiger partial charge >= 0.3 is 0 Å². The lowest BCUT2D eigenvalue weighted by Crippen LogP contribution is -2.23. The third kappa shape index (κ3) is 3.98. The first-order valence-electron chi connectivity index (χ1n) is 6.95. The summed E-state index contributed by atoms with van der Waals surface area (Å²) in [6, 6.07) is 1.86. The summed E-state index contributed by atoms with van der Waals surface area (Å²) < 4.78 is 0. The van der Waals surface area contributed by atoms with E-state index in [2.05, 4.69) is 21.8 Å². The van der Waals surface area contributed by atoms with Crippen molar-refractivity contribution in [3.05, 3.63) is 6.07 Å². The van der Waals surface area contributed by atoms with Crippen molar-refractivity contribution in [2.75, 3.05) is 36.0 Å². The second kappa shape index (κ2) is 6.96. The Morgan fingerprint density at radius 1 is 1.47 bits per heavy atom. The van der Waals surface area contributed by atoms with Gasteiger partial charge in [-0.1, -0.05) is 25.1 Å². The average molecular weight is 281 g/mol. The number of rotatable bonds is 6. The normalized spacial score (nSPS) is 19.1. The van der Waals surface area contributed by atoms with Crippen molar-refractivity contribution in [2.45, 2.75) is 31.3 Å². The number of anilines is 2. The van der Waals surface area contributed by atoms with Gasteiger partial charge in [-0.2, -0.15) is 0 Å². The van der Waals surface area contributed by atoms with Gasteiger partial charge in [0.15, 0.2) is 5.16 Å². The van der Waals surface area contributed by atoms with Crippen molar-refractivity contribution < 1.29 is 0 Å². The number of hydrogen-bond acceptors (Lipinski definition) is 6. The Kier molecular flexibility index (Phi) is 5.27. The molecule has 106 valence electrons. The van der Waals surface area contributed by atoms with Gasteiger partial charge in [0.05, 0.1) is 0 Å². The molecule has 1 aromatic heterocycles. The summed E-state index contributed by atoms with van der Waals surface area (Å²) in [5.41, 5.74) is 11.6. The molecule has 4 N–H and O–H groups in total. The summed E-state index contributed by atoms with van der Waals surface area (Å²) >= 11 is 1.69. The predicted octanol–water partition coefficient (Wildman–Crippen LogP) is 1.74. The second-order valence-electron chi connectivity index (χ2n) is 4.97. The predicted molar refractivity (Wildman–Crippen MR) is 81.5 cm³/mol. The molecule has 1 saturated heterocycles. The van der Waals surface area contributed by atoms with E-state index in [1.807, 2.05) is 6.07 Å². The van der Waals surface area contributed by atoms with Crippen LogP contribution in [0.1, 0.15) is 26.2 Å². The molecule has 0 unspecified atom stereocenters. The van der Waals surface area contributed by atoms with Crippen molar-refractivity contribution in [1.82, 2.24) is 9.97 Å². The zero-order valence-corrected chi connectivity index (χ0v) is 12.3. The first-order chi connectivity index (χ1) is 9.22. The minimum Gasteiger partial charge on any atom is -0.383 e. The zero-order chi connectivity index (χ0) is 13.7. The van der Waals surface area contributed by atoms with Crippen LogP contribution in [0.5, 0.6) is 0 Å². The standard InChI is InChI=1S/C13H23N5S/c1-2-3-6-19-13-16-11(15)7-12(17-13)18-5-4-10(8-14)9-18/h7,10H,2-6,8-9,14H2,1H3,(H2,15,16,17)/t10-/m0/s1. The molecule has 5 nitrogen and oxygen atoms in total. The van der Waals surface area contributed by atoms with Crippen LogP contribution in [-0.2, 0) is 0 Å². The van der Waals surface area contributed by atoms with Gasteiger partial charge in [-0.25, -0.2) is 9.97 Å². The smallest absolute Gasteiger partial charge is 0.191 e. The van der Waals surface area contributed by atoms with Crippen LogP contribution < -0.4 is 16.4 Å². The maximum absolute atomic E-state index is 5.88. The van der Waals surface area contributed by atoms with Gasteiger partial charge in [0.25, 0.3) is 0 Å². The molecular weight excluding hydrogens is 258 g/mol. The van der Waals surface area contributed by atoms with Gasteiger partial charge in [-0.05, 0) is 25.3 Å². The van der Waals surface area contributed by atoms with Gasteiger partial charge in [0, 0.05) is 24.9 Å². The number of thioether (sulfide) groups is 1. The molecule has 19 heavy (non-hydrogen) atoms. The summed E-state index contributed by atoms with van der Waals surface area (Å²) in [5, 5.41) is 0.791. The number of unbranched alkanes of at least 4 members (excludes halogenated alkanes) is 1. The first kappa shape index (κ1) is 14.4. The van der Waals surface area contributed by atoms with E-state index >= 15 is 0 Å². The highest BCUT2D eigenvalue weighted by Crippen LogP contribution is 2.25. The van der Waals surface area contributed by atoms with E-state index in [1.165, 1.54) is 12.8 Å². The minimum absolute atomic E-state index is 0.556. The van der Waals surface area contributed by atoms with E-state index in [9.17, 15) is 0 Å². The Morgan fingerprint density at radius 2 is 2.32 bits per heavy atom. The summed E-state index contributed by atoms with van der Waals surface area (Å²) in [4.78, 5) is 11.2. The fourth-order valence-corrected chi connectivity index (χ4v) is 3.14. The molecule has 0 aromatic carbocycles. The molecule has 0 saturated carbocycles. The van der Waals surface area contributed by atoms with Crippen LogP contribution in [-0.4, -0.2) is 35.4 Å². The molecule has 1 aliphatic rings. The molecule has 6 heteroatoms. The second-order valence-corrected chi connectivity index (χ2v) is 6.03. The monoisotopic (exact) mass is 281 g/mol. The van der Waals surface area contributed by atoms with Crippen LogP contribution in [0.4, 0.5) is 11.6 Å². The topological polar surface area (TPSA) is 81.1 Å². The van der Waals surface area contributed by atoms with Crippen molar-refractivity contribution in [1.29, 1.82) is 0 Å². The highest BCUT2D eigenvalue weighted by atomic mass is 32.2. The molecule has 0 bridgehead atoms. The maximum Gasteiger partial charge on any atom is 0.191 e. The minimum atomic E-state index is 0.556. The third-order valence-electron chi connectivity index (χ3n) is 3.38. The van der Waals surface area contributed by atoms with Crippen LogP contribution in [0.3, 0.4) is 0 Å². The lowest BCUT2D eigenvalue weighted by atomic mass is 10.1. The van der Waals surface area contributed by atoms with Gasteiger partial charge in [-0.15, -0.1) is 0 Å². The molecular formula is C13H23N5S. The number of nitrogens with two attached hydrogens (primary N) is 2. The van der Waals surface area contributed by atoms with Crippen LogP contribution in [0.2, 0.25) is 0 Å². The van der Waals surface area contributed by atoms with E-state index in [-0.39, 0.29) is 0 Å². The summed E-state index contributed by atoms with van der Waals surface area (Å²) in [6.07, 6.45) is 3.50. The molecule has 1 atom stereocenters. The van der Waals surface area contributed by atoms with E-state index in [0.29, 0.717) is 11.7 Å². The molecule has 2 rings (SSSR count). The SMILES string of the molecule is CCCCSc1nc(N)cc(N2CC[C@@H](CN)C2)n1. The summed E-state index contributed by atoms with van der Waals surface area (Å²) in [6.45, 7) is 4.92. The lowest BCUT2D eigenvalue weighted by Gasteiger charge is -2.18. The van der Waals surface area contributed by atoms with E-state index in [1.54, 1.807) is 11.8 Å². The van der Waals surface area contributed by atoms with Crippen molar-refractivity contribution in [3.8, 4) is 0 Å². The lowest BCUT2D eigenvalue weighted by molar-refractivity contribution is 0.602. The highest BCUT2D eigenvalue weighted by Gasteiger charge is 2.23. The van der Waals surface area contributed by atoms with Crippen LogP contribution in [0.15, 0.2) is 11.2 Å². The fourth-order valence-electron chi connectivity index (χ4n) is 2.20. The Balaban J connectivity index is 2.04. The number of nitrogens with zero attached hydrogens (tertiary/aromatic N) is 3. The first-order valence-corrected chi connectivity index (χ1v) is 7.94. The number of nitrogen functional groups attached to an aromatic ring is 1. The molecule has 1 aromatic rings. The molecule has 0 spiro atoms. The van der Waals surface area contributed by atoms with Crippen LogP contribution in [0, 0.1) is 5.92 Å². The van der Waals surface area contributed by atoms with Crippen molar-refractivity contribution >= 4 is 23.4 Å². The van der Waals surface area contributed by atoms with E-state index in [4.69, 9.17) is 11.5 Å². The summed E-state index contributed by atoms with van der Waals surface area (Å²) in [7, 11) is 0. The van der Waals surface area contributed by atoms with E-state index < -0.39 is 0 Å². The number of hydrogen-bond donors (Lipinski definition) is 2. The maximum atomic E-state index is 5.88. The van der Waals surface area contributed by atoms with Crippen LogP contribution in [0.25, 0.3) is 0 Å². The fraction of sp³-hybridized carbons (Fsp3) is 0.692. The van der Waals surface area contributed by atoms with Gasteiger partial charge in [-0.3, -0.25) is 0 Å². The molecule has 1 fully saturated rings. The molecule has 1 aliphatic heterocycles. The zero-order valence-electron chi connectivity index (χ0n) is 11.5. The molecule has 0 amide bonds. The molecule has 0 radical (unpaired) electrons. The Bertz CT molecular complexity index is 412. The largest absolute Gasteiger partial charge is 0.383 e. The van der Waals surface area contributed by atoms with Crippen LogP contribution >= 0.6 is 11.8 Å². The quantitative estimate of drug-likeness (QED) is 0.469. The Labute approximate surface area is 119 Å². The van der Waals surface area contributed by atoms with Gasteiger partial charge in [0.2, 0.25) is 0 Å². The third-order valence-corrected chi connectivity index (χ3v) is 4.32. The highest BCUT2D eigenvalue weighted by molar-refractivity contribution is 7.99. The Hall–Kier alpha value is -1.01. The van der Waals surface area contributed by atoms with Gasteiger partial charge in [0.1, 0.15) is 11.6 Å². The molecule has 2 heterocycles. The van der Waals surface area contributed by atoms with Crippen molar-refractivity contribution in [3.63, 3.8) is 0 Å². The van der Waals surface area contributed by atoms with Gasteiger partial charge < -0.3 is 16.4 Å². The average Bonchev–Trinajstić information content (AvgIpc) is 2.87. The van der Waals surface area contributed by atoms with Crippen molar-refractivity contribution in [2.24, 2.45) is 11.7 Å². The Morgan fingerprint density at radius 3 is 3.00 bits per heavy atom. The van der Waals surface area contributed by atoms with E-state index in [0.717, 1.165) is 42.8 Å². The molecule has 0 aliphatic carbocycles.